The average Bonchev–Trinajstić information content (AvgIpc) is 2.70. The van der Waals surface area contributed by atoms with Gasteiger partial charge in [-0.1, -0.05) is 34.5 Å². The first-order chi connectivity index (χ1) is 13.5. The van der Waals surface area contributed by atoms with Crippen LogP contribution in [0.4, 0.5) is 10.8 Å². The number of anilines is 2. The van der Waals surface area contributed by atoms with Gasteiger partial charge in [0.25, 0.3) is 5.56 Å². The van der Waals surface area contributed by atoms with Crippen molar-refractivity contribution in [2.24, 2.45) is 0 Å². The molecule has 0 aliphatic carbocycles. The highest BCUT2D eigenvalue weighted by Crippen LogP contribution is 2.26. The Labute approximate surface area is 181 Å². The summed E-state index contributed by atoms with van der Waals surface area (Å²) in [5.41, 5.74) is 0.665. The molecule has 0 unspecified atom stereocenters. The molecule has 144 valence electrons. The maximum absolute atomic E-state index is 12.4. The van der Waals surface area contributed by atoms with Crippen molar-refractivity contribution in [2.45, 2.75) is 0 Å². The largest absolute Gasteiger partial charge is 0.345 e. The topological polar surface area (TPSA) is 48.5 Å². The van der Waals surface area contributed by atoms with Crippen LogP contribution in [0.15, 0.2) is 47.3 Å². The van der Waals surface area contributed by atoms with Gasteiger partial charge in [0.2, 0.25) is 0 Å². The monoisotopic (exact) mass is 450 g/mol. The molecule has 0 saturated carbocycles. The molecule has 0 amide bonds. The van der Waals surface area contributed by atoms with E-state index in [0.717, 1.165) is 41.7 Å². The third-order valence-corrected chi connectivity index (χ3v) is 6.46. The van der Waals surface area contributed by atoms with Crippen LogP contribution in [0, 0.1) is 0 Å². The Hall–Kier alpha value is -1.93. The van der Waals surface area contributed by atoms with Gasteiger partial charge < -0.3 is 15.1 Å². The zero-order valence-corrected chi connectivity index (χ0v) is 17.8. The number of nitrogens with zero attached hydrogens (tertiary/aromatic N) is 3. The van der Waals surface area contributed by atoms with Crippen molar-refractivity contribution in [1.82, 2.24) is 9.88 Å². The van der Waals surface area contributed by atoms with Gasteiger partial charge in [-0.25, -0.2) is 0 Å². The fourth-order valence-corrected chi connectivity index (χ4v) is 4.63. The van der Waals surface area contributed by atoms with E-state index in [2.05, 4.69) is 20.1 Å². The molecule has 0 radical (unpaired) electrons. The Morgan fingerprint density at radius 3 is 2.43 bits per heavy atom. The number of hydrogen-bond acceptors (Lipinski definition) is 5. The first-order valence-electron chi connectivity index (χ1n) is 8.66. The minimum atomic E-state index is -0.242. The smallest absolute Gasteiger partial charge is 0.281 e. The minimum Gasteiger partial charge on any atom is -0.345 e. The van der Waals surface area contributed by atoms with E-state index in [-0.39, 0.29) is 5.56 Å². The van der Waals surface area contributed by atoms with Crippen LogP contribution in [-0.4, -0.2) is 41.2 Å². The molecule has 1 N–H and O–H groups in total. The van der Waals surface area contributed by atoms with E-state index in [0.29, 0.717) is 20.5 Å². The normalized spacial score (nSPS) is 14.4. The van der Waals surface area contributed by atoms with E-state index in [4.69, 9.17) is 35.4 Å². The van der Waals surface area contributed by atoms with Gasteiger partial charge in [-0.2, -0.15) is 4.98 Å². The Bertz CT molecular complexity index is 1080. The summed E-state index contributed by atoms with van der Waals surface area (Å²) in [5.74, 6) is 0. The summed E-state index contributed by atoms with van der Waals surface area (Å²) in [6.45, 7) is 2.98. The Morgan fingerprint density at radius 2 is 1.71 bits per heavy atom. The number of nitrogens with one attached hydrogen (secondary N) is 1. The Kier molecular flexibility index (Phi) is 5.68. The van der Waals surface area contributed by atoms with E-state index >= 15 is 0 Å². The summed E-state index contributed by atoms with van der Waals surface area (Å²) >= 11 is 18.9. The van der Waals surface area contributed by atoms with E-state index in [1.807, 2.05) is 30.3 Å². The molecule has 1 fully saturated rings. The molecule has 5 nitrogen and oxygen atoms in total. The second-order valence-corrected chi connectivity index (χ2v) is 8.62. The maximum atomic E-state index is 12.4. The van der Waals surface area contributed by atoms with Crippen molar-refractivity contribution in [3.63, 3.8) is 0 Å². The van der Waals surface area contributed by atoms with Crippen LogP contribution in [0.3, 0.4) is 0 Å². The van der Waals surface area contributed by atoms with Crippen LogP contribution in [-0.2, 0) is 0 Å². The fraction of sp³-hybridized carbons (Fsp3) is 0.211. The number of fused-ring (bicyclic) bond motifs is 1. The van der Waals surface area contributed by atoms with Gasteiger partial charge in [0, 0.05) is 46.6 Å². The van der Waals surface area contributed by atoms with Gasteiger partial charge in [0.05, 0.1) is 5.39 Å². The lowest BCUT2D eigenvalue weighted by Crippen LogP contribution is -2.50. The van der Waals surface area contributed by atoms with Crippen LogP contribution in [0.1, 0.15) is 0 Å². The summed E-state index contributed by atoms with van der Waals surface area (Å²) in [7, 11) is 0. The van der Waals surface area contributed by atoms with Crippen molar-refractivity contribution in [2.75, 3.05) is 36.4 Å². The van der Waals surface area contributed by atoms with Crippen molar-refractivity contribution < 1.29 is 0 Å². The molecule has 1 saturated heterocycles. The summed E-state index contributed by atoms with van der Waals surface area (Å²) in [4.78, 5) is 20.9. The molecule has 1 aromatic heterocycles. The molecule has 1 aliphatic heterocycles. The lowest BCUT2D eigenvalue weighted by atomic mass is 10.3. The predicted molar refractivity (Wildman–Crippen MR) is 122 cm³/mol. The van der Waals surface area contributed by atoms with E-state index < -0.39 is 0 Å². The molecular weight excluding hydrogens is 435 g/mol. The third-order valence-electron chi connectivity index (χ3n) is 4.50. The summed E-state index contributed by atoms with van der Waals surface area (Å²) < 4.78 is 0.891. The van der Waals surface area contributed by atoms with Gasteiger partial charge in [-0.05, 0) is 54.7 Å². The number of benzene rings is 2. The van der Waals surface area contributed by atoms with Gasteiger partial charge in [-0.3, -0.25) is 4.79 Å². The van der Waals surface area contributed by atoms with Crippen LogP contribution in [0.2, 0.25) is 10.0 Å². The maximum Gasteiger partial charge on any atom is 0.281 e. The van der Waals surface area contributed by atoms with Crippen molar-refractivity contribution in [3.8, 4) is 0 Å². The molecule has 3 aromatic rings. The van der Waals surface area contributed by atoms with Crippen molar-refractivity contribution in [3.05, 3.63) is 62.9 Å². The average molecular weight is 451 g/mol. The highest BCUT2D eigenvalue weighted by molar-refractivity contribution is 7.80. The number of rotatable bonds is 2. The number of piperazine rings is 1. The second-order valence-electron chi connectivity index (χ2n) is 6.35. The predicted octanol–water partition coefficient (Wildman–Crippen LogP) is 4.48. The number of thiocarbonyl (C=S) groups is 1. The van der Waals surface area contributed by atoms with E-state index in [9.17, 15) is 4.79 Å². The third kappa shape index (κ3) is 4.22. The minimum absolute atomic E-state index is 0.242. The van der Waals surface area contributed by atoms with Gasteiger partial charge in [0.1, 0.15) is 0 Å². The SMILES string of the molecule is O=c1nc(N2CCN(C(=S)Nc3ccc(Cl)cc3)CC2)sc2ccc(Cl)cc12. The molecule has 4 rings (SSSR count). The van der Waals surface area contributed by atoms with Gasteiger partial charge in [0.15, 0.2) is 10.2 Å². The zero-order valence-electron chi connectivity index (χ0n) is 14.7. The highest BCUT2D eigenvalue weighted by atomic mass is 35.5. The molecule has 0 bridgehead atoms. The first-order valence-corrected chi connectivity index (χ1v) is 10.6. The van der Waals surface area contributed by atoms with Crippen LogP contribution in [0.5, 0.6) is 0 Å². The summed E-state index contributed by atoms with van der Waals surface area (Å²) in [5, 5.41) is 6.44. The molecule has 0 spiro atoms. The number of hydrogen-bond donors (Lipinski definition) is 1. The lowest BCUT2D eigenvalue weighted by Gasteiger charge is -2.36. The quantitative estimate of drug-likeness (QED) is 0.580. The van der Waals surface area contributed by atoms with Crippen LogP contribution >= 0.6 is 46.8 Å². The fourth-order valence-electron chi connectivity index (χ4n) is 3.00. The first kappa shape index (κ1) is 19.4. The zero-order chi connectivity index (χ0) is 19.7. The molecule has 0 atom stereocenters. The number of halogens is 2. The van der Waals surface area contributed by atoms with Crippen LogP contribution in [0.25, 0.3) is 10.1 Å². The molecule has 1 aliphatic rings. The summed E-state index contributed by atoms with van der Waals surface area (Å²) in [6, 6.07) is 12.8. The van der Waals surface area contributed by atoms with Crippen LogP contribution < -0.4 is 15.8 Å². The Balaban J connectivity index is 1.43. The van der Waals surface area contributed by atoms with E-state index in [1.165, 1.54) is 11.3 Å². The Morgan fingerprint density at radius 1 is 1.04 bits per heavy atom. The highest BCUT2D eigenvalue weighted by Gasteiger charge is 2.21. The molecule has 28 heavy (non-hydrogen) atoms. The lowest BCUT2D eigenvalue weighted by molar-refractivity contribution is 0.390. The molecular formula is C19H16Cl2N4OS2. The summed E-state index contributed by atoms with van der Waals surface area (Å²) in [6.07, 6.45) is 0. The van der Waals surface area contributed by atoms with E-state index in [1.54, 1.807) is 12.1 Å². The van der Waals surface area contributed by atoms with Crippen molar-refractivity contribution >= 4 is 72.8 Å². The van der Waals surface area contributed by atoms with Gasteiger partial charge in [-0.15, -0.1) is 0 Å². The second kappa shape index (κ2) is 8.21. The molecule has 2 aromatic carbocycles. The molecule has 2 heterocycles. The number of aromatic nitrogens is 1. The van der Waals surface area contributed by atoms with Crippen molar-refractivity contribution in [1.29, 1.82) is 0 Å². The molecule has 9 heteroatoms. The standard InChI is InChI=1S/C19H16Cl2N4OS2/c20-12-1-4-14(5-2-12)22-18(27)24-7-9-25(10-8-24)19-23-17(26)15-11-13(21)3-6-16(15)28-19/h1-6,11H,7-10H2,(H,22,27). The van der Waals surface area contributed by atoms with Gasteiger partial charge >= 0.3 is 0 Å².